The van der Waals surface area contributed by atoms with Gasteiger partial charge in [-0.1, -0.05) is 20.8 Å². The highest BCUT2D eigenvalue weighted by molar-refractivity contribution is 4.90. The van der Waals surface area contributed by atoms with E-state index in [0.29, 0.717) is 5.54 Å². The van der Waals surface area contributed by atoms with E-state index in [1.54, 1.807) is 0 Å². The molecule has 0 amide bonds. The molecule has 1 unspecified atom stereocenters. The van der Waals surface area contributed by atoms with Gasteiger partial charge < -0.3 is 0 Å². The van der Waals surface area contributed by atoms with E-state index < -0.39 is 0 Å². The first-order valence-electron chi connectivity index (χ1n) is 5.32. The van der Waals surface area contributed by atoms with Crippen molar-refractivity contribution >= 4 is 0 Å². The first-order valence-corrected chi connectivity index (χ1v) is 5.32. The molecule has 1 nitrogen and oxygen atoms in total. The molecule has 74 valence electrons. The van der Waals surface area contributed by atoms with Crippen molar-refractivity contribution in [3.8, 4) is 0 Å². The molecule has 1 atom stereocenters. The number of likely N-dealkylation sites (tertiary alicyclic amines) is 1. The lowest BCUT2D eigenvalue weighted by Gasteiger charge is -2.49. The highest BCUT2D eigenvalue weighted by Gasteiger charge is 2.34. The summed E-state index contributed by atoms with van der Waals surface area (Å²) in [5.41, 5.74) is 0.402. The minimum absolute atomic E-state index is 0.402. The van der Waals surface area contributed by atoms with Crippen LogP contribution in [0.3, 0.4) is 0 Å². The topological polar surface area (TPSA) is 3.24 Å². The Labute approximate surface area is 78.1 Å². The number of rotatable bonds is 1. The van der Waals surface area contributed by atoms with Crippen LogP contribution in [0.15, 0.2) is 0 Å². The molecule has 0 aromatic heterocycles. The van der Waals surface area contributed by atoms with E-state index >= 15 is 0 Å². The Kier molecular flexibility index (Phi) is 4.84. The summed E-state index contributed by atoms with van der Waals surface area (Å²) in [6.45, 7) is 14.5. The zero-order valence-corrected chi connectivity index (χ0v) is 9.65. The van der Waals surface area contributed by atoms with Crippen molar-refractivity contribution in [3.63, 3.8) is 0 Å². The second-order valence-corrected chi connectivity index (χ2v) is 4.21. The lowest BCUT2D eigenvalue weighted by atomic mass is 9.92. The molecule has 1 aliphatic rings. The smallest absolute Gasteiger partial charge is 0.0128 e. The SMILES string of the molecule is CC.CCC1CCN1C(C)(C)C. The molecule has 1 heterocycles. The average molecular weight is 171 g/mol. The fourth-order valence-electron chi connectivity index (χ4n) is 1.75. The molecule has 0 aromatic rings. The third-order valence-corrected chi connectivity index (χ3v) is 2.48. The summed E-state index contributed by atoms with van der Waals surface area (Å²) < 4.78 is 0. The van der Waals surface area contributed by atoms with Crippen molar-refractivity contribution in [2.45, 2.75) is 66.0 Å². The van der Waals surface area contributed by atoms with Crippen LogP contribution in [0, 0.1) is 0 Å². The van der Waals surface area contributed by atoms with Crippen LogP contribution in [-0.2, 0) is 0 Å². The van der Waals surface area contributed by atoms with E-state index in [2.05, 4.69) is 32.6 Å². The van der Waals surface area contributed by atoms with Crippen LogP contribution in [-0.4, -0.2) is 23.0 Å². The van der Waals surface area contributed by atoms with E-state index in [1.807, 2.05) is 13.8 Å². The highest BCUT2D eigenvalue weighted by atomic mass is 15.3. The number of hydrogen-bond donors (Lipinski definition) is 0. The fourth-order valence-corrected chi connectivity index (χ4v) is 1.75. The van der Waals surface area contributed by atoms with Gasteiger partial charge in [0.1, 0.15) is 0 Å². The Bertz CT molecular complexity index is 111. The third kappa shape index (κ3) is 2.78. The Hall–Kier alpha value is -0.0400. The molecule has 0 aromatic carbocycles. The molecule has 12 heavy (non-hydrogen) atoms. The van der Waals surface area contributed by atoms with Crippen LogP contribution in [0.4, 0.5) is 0 Å². The second kappa shape index (κ2) is 4.86. The Morgan fingerprint density at radius 3 is 1.83 bits per heavy atom. The fraction of sp³-hybridized carbons (Fsp3) is 1.00. The largest absolute Gasteiger partial charge is 0.295 e. The van der Waals surface area contributed by atoms with Crippen LogP contribution in [0.2, 0.25) is 0 Å². The van der Waals surface area contributed by atoms with Gasteiger partial charge in [-0.15, -0.1) is 0 Å². The summed E-state index contributed by atoms with van der Waals surface area (Å²) in [6.07, 6.45) is 2.73. The van der Waals surface area contributed by atoms with Gasteiger partial charge in [0.15, 0.2) is 0 Å². The zero-order valence-electron chi connectivity index (χ0n) is 9.65. The van der Waals surface area contributed by atoms with Gasteiger partial charge in [0.2, 0.25) is 0 Å². The van der Waals surface area contributed by atoms with Gasteiger partial charge in [-0.25, -0.2) is 0 Å². The van der Waals surface area contributed by atoms with Gasteiger partial charge in [-0.2, -0.15) is 0 Å². The molecule has 1 rings (SSSR count). The quantitative estimate of drug-likeness (QED) is 0.585. The maximum atomic E-state index is 2.59. The predicted molar refractivity (Wildman–Crippen MR) is 56.5 cm³/mol. The highest BCUT2D eigenvalue weighted by Crippen LogP contribution is 2.28. The predicted octanol–water partition coefficient (Wildman–Crippen LogP) is 3.30. The molecule has 0 radical (unpaired) electrons. The number of hydrogen-bond acceptors (Lipinski definition) is 1. The van der Waals surface area contributed by atoms with Crippen LogP contribution >= 0.6 is 0 Å². The molecular formula is C11H25N. The Morgan fingerprint density at radius 1 is 1.25 bits per heavy atom. The van der Waals surface area contributed by atoms with E-state index in [-0.39, 0.29) is 0 Å². The molecule has 1 aliphatic heterocycles. The minimum Gasteiger partial charge on any atom is -0.295 e. The van der Waals surface area contributed by atoms with Crippen LogP contribution in [0.25, 0.3) is 0 Å². The zero-order chi connectivity index (χ0) is 9.78. The van der Waals surface area contributed by atoms with Crippen molar-refractivity contribution in [2.75, 3.05) is 6.54 Å². The van der Waals surface area contributed by atoms with Crippen LogP contribution in [0.5, 0.6) is 0 Å². The molecular weight excluding hydrogens is 146 g/mol. The van der Waals surface area contributed by atoms with E-state index in [4.69, 9.17) is 0 Å². The lowest BCUT2D eigenvalue weighted by Crippen LogP contribution is -2.56. The second-order valence-electron chi connectivity index (χ2n) is 4.21. The summed E-state index contributed by atoms with van der Waals surface area (Å²) in [6, 6.07) is 0.875. The molecule has 1 saturated heterocycles. The van der Waals surface area contributed by atoms with Crippen LogP contribution in [0.1, 0.15) is 54.4 Å². The van der Waals surface area contributed by atoms with Crippen molar-refractivity contribution < 1.29 is 0 Å². The summed E-state index contributed by atoms with van der Waals surface area (Å²) in [4.78, 5) is 2.59. The van der Waals surface area contributed by atoms with Gasteiger partial charge in [0.25, 0.3) is 0 Å². The van der Waals surface area contributed by atoms with Crippen LogP contribution < -0.4 is 0 Å². The Balaban J connectivity index is 0.000000561. The molecule has 1 fully saturated rings. The summed E-state index contributed by atoms with van der Waals surface area (Å²) in [7, 11) is 0. The Morgan fingerprint density at radius 2 is 1.75 bits per heavy atom. The molecule has 0 aliphatic carbocycles. The normalized spacial score (nSPS) is 24.0. The maximum absolute atomic E-state index is 2.59. The summed E-state index contributed by atoms with van der Waals surface area (Å²) in [5.74, 6) is 0. The van der Waals surface area contributed by atoms with Crippen molar-refractivity contribution in [3.05, 3.63) is 0 Å². The van der Waals surface area contributed by atoms with Gasteiger partial charge in [-0.3, -0.25) is 4.90 Å². The molecule has 0 spiro atoms. The lowest BCUT2D eigenvalue weighted by molar-refractivity contribution is 0.000134. The molecule has 0 bridgehead atoms. The average Bonchev–Trinajstić information content (AvgIpc) is 1.87. The van der Waals surface area contributed by atoms with Gasteiger partial charge >= 0.3 is 0 Å². The van der Waals surface area contributed by atoms with Crippen molar-refractivity contribution in [1.82, 2.24) is 4.90 Å². The molecule has 0 saturated carbocycles. The van der Waals surface area contributed by atoms with E-state index in [9.17, 15) is 0 Å². The monoisotopic (exact) mass is 171 g/mol. The molecule has 1 heteroatoms. The van der Waals surface area contributed by atoms with E-state index in [0.717, 1.165) is 6.04 Å². The van der Waals surface area contributed by atoms with E-state index in [1.165, 1.54) is 19.4 Å². The molecule has 0 N–H and O–H groups in total. The first-order chi connectivity index (χ1) is 5.55. The summed E-state index contributed by atoms with van der Waals surface area (Å²) >= 11 is 0. The van der Waals surface area contributed by atoms with Crippen molar-refractivity contribution in [1.29, 1.82) is 0 Å². The first kappa shape index (κ1) is 12.0. The summed E-state index contributed by atoms with van der Waals surface area (Å²) in [5, 5.41) is 0. The van der Waals surface area contributed by atoms with Gasteiger partial charge in [0, 0.05) is 18.1 Å². The maximum Gasteiger partial charge on any atom is 0.0128 e. The minimum atomic E-state index is 0.402. The standard InChI is InChI=1S/C9H19N.C2H6/c1-5-8-6-7-10(8)9(2,3)4;1-2/h8H,5-7H2,1-4H3;1-2H3. The van der Waals surface area contributed by atoms with Gasteiger partial charge in [0.05, 0.1) is 0 Å². The number of nitrogens with zero attached hydrogens (tertiary/aromatic N) is 1. The third-order valence-electron chi connectivity index (χ3n) is 2.48. The van der Waals surface area contributed by atoms with Crippen molar-refractivity contribution in [2.24, 2.45) is 0 Å². The van der Waals surface area contributed by atoms with Gasteiger partial charge in [-0.05, 0) is 33.6 Å².